The number of anilines is 1. The Labute approximate surface area is 181 Å². The molecule has 1 aliphatic heterocycles. The van der Waals surface area contributed by atoms with E-state index in [2.05, 4.69) is 10.1 Å². The zero-order chi connectivity index (χ0) is 21.2. The van der Waals surface area contributed by atoms with E-state index in [9.17, 15) is 9.18 Å². The van der Waals surface area contributed by atoms with Crippen LogP contribution in [-0.2, 0) is 6.54 Å². The second kappa shape index (κ2) is 8.53. The first-order valence-corrected chi connectivity index (χ1v) is 11.0. The fourth-order valence-electron chi connectivity index (χ4n) is 4.23. The number of benzene rings is 2. The molecule has 3 aromatic rings. The lowest BCUT2D eigenvalue weighted by Crippen LogP contribution is -2.33. The third-order valence-corrected chi connectivity index (χ3v) is 6.11. The second-order valence-electron chi connectivity index (χ2n) is 8.51. The molecule has 0 atom stereocenters. The normalized spacial score (nSPS) is 16.0. The van der Waals surface area contributed by atoms with Crippen LogP contribution < -0.4 is 4.90 Å². The van der Waals surface area contributed by atoms with E-state index in [-0.39, 0.29) is 11.7 Å². The predicted molar refractivity (Wildman–Crippen MR) is 117 cm³/mol. The fraction of sp³-hybridized carbons (Fsp3) is 0.360. The Hall–Kier alpha value is -3.15. The minimum absolute atomic E-state index is 0.0838. The average Bonchev–Trinajstić information content (AvgIpc) is 3.27. The molecule has 6 heteroatoms. The fourth-order valence-corrected chi connectivity index (χ4v) is 4.23. The summed E-state index contributed by atoms with van der Waals surface area (Å²) in [7, 11) is 0. The van der Waals surface area contributed by atoms with Gasteiger partial charge in [0.25, 0.3) is 5.91 Å². The number of nitrogens with zero attached hydrogens (tertiary/aromatic N) is 3. The lowest BCUT2D eigenvalue weighted by atomic mass is 10.1. The first-order chi connectivity index (χ1) is 15.2. The van der Waals surface area contributed by atoms with Gasteiger partial charge in [-0.2, -0.15) is 0 Å². The van der Waals surface area contributed by atoms with Crippen LogP contribution in [0.15, 0.2) is 59.1 Å². The molecule has 31 heavy (non-hydrogen) atoms. The first-order valence-electron chi connectivity index (χ1n) is 11.0. The Morgan fingerprint density at radius 1 is 1.06 bits per heavy atom. The molecular formula is C25H26FN3O2. The molecule has 2 aromatic carbocycles. The summed E-state index contributed by atoms with van der Waals surface area (Å²) in [4.78, 5) is 17.5. The van der Waals surface area contributed by atoms with Crippen LogP contribution in [0.25, 0.3) is 11.3 Å². The van der Waals surface area contributed by atoms with Crippen molar-refractivity contribution in [3.05, 3.63) is 71.5 Å². The first kappa shape index (κ1) is 19.8. The van der Waals surface area contributed by atoms with Crippen molar-refractivity contribution in [2.75, 3.05) is 24.5 Å². The van der Waals surface area contributed by atoms with E-state index in [0.29, 0.717) is 24.6 Å². The van der Waals surface area contributed by atoms with Crippen LogP contribution in [0.2, 0.25) is 0 Å². The van der Waals surface area contributed by atoms with Gasteiger partial charge in [0.2, 0.25) is 5.88 Å². The van der Waals surface area contributed by atoms with E-state index >= 15 is 0 Å². The summed E-state index contributed by atoms with van der Waals surface area (Å²) in [5.41, 5.74) is 3.22. The zero-order valence-electron chi connectivity index (χ0n) is 17.5. The number of aromatic nitrogens is 1. The van der Waals surface area contributed by atoms with Gasteiger partial charge in [-0.25, -0.2) is 4.39 Å². The van der Waals surface area contributed by atoms with Gasteiger partial charge < -0.3 is 14.3 Å². The summed E-state index contributed by atoms with van der Waals surface area (Å²) in [6.07, 6.45) is 4.53. The van der Waals surface area contributed by atoms with Crippen molar-refractivity contribution in [3.8, 4) is 11.3 Å². The summed E-state index contributed by atoms with van der Waals surface area (Å²) >= 11 is 0. The molecule has 160 valence electrons. The SMILES string of the molecule is O=C(c1ccc(F)cc1)N(Cc1c(-c2ccccc2)noc1N1CCCC1)CC1CC1. The average molecular weight is 420 g/mol. The second-order valence-corrected chi connectivity index (χ2v) is 8.51. The van der Waals surface area contributed by atoms with Gasteiger partial charge in [-0.3, -0.25) is 4.79 Å². The largest absolute Gasteiger partial charge is 0.340 e. The summed E-state index contributed by atoms with van der Waals surface area (Å²) < 4.78 is 19.2. The van der Waals surface area contributed by atoms with Gasteiger partial charge in [-0.1, -0.05) is 35.5 Å². The Bertz CT molecular complexity index is 1040. The number of carbonyl (C=O) groups is 1. The third kappa shape index (κ3) is 4.33. The molecule has 1 saturated carbocycles. The molecule has 2 heterocycles. The van der Waals surface area contributed by atoms with Crippen molar-refractivity contribution in [2.45, 2.75) is 32.2 Å². The Balaban J connectivity index is 1.50. The van der Waals surface area contributed by atoms with Gasteiger partial charge in [0.15, 0.2) is 0 Å². The molecule has 2 aliphatic rings. The number of rotatable bonds is 7. The summed E-state index contributed by atoms with van der Waals surface area (Å²) in [6.45, 7) is 2.98. The molecule has 0 radical (unpaired) electrons. The maximum Gasteiger partial charge on any atom is 0.254 e. The molecule has 0 spiro atoms. The minimum atomic E-state index is -0.341. The highest BCUT2D eigenvalue weighted by Gasteiger charge is 2.31. The Morgan fingerprint density at radius 3 is 2.45 bits per heavy atom. The Kier molecular flexibility index (Phi) is 5.45. The number of hydrogen-bond donors (Lipinski definition) is 0. The molecule has 5 rings (SSSR count). The number of hydrogen-bond acceptors (Lipinski definition) is 4. The van der Waals surface area contributed by atoms with Crippen LogP contribution in [0.5, 0.6) is 0 Å². The van der Waals surface area contributed by atoms with E-state index in [1.54, 1.807) is 12.1 Å². The van der Waals surface area contributed by atoms with Gasteiger partial charge in [0, 0.05) is 30.8 Å². The zero-order valence-corrected chi connectivity index (χ0v) is 17.5. The smallest absolute Gasteiger partial charge is 0.254 e. The number of halogens is 1. The monoisotopic (exact) mass is 419 g/mol. The quantitative estimate of drug-likeness (QED) is 0.533. The van der Waals surface area contributed by atoms with Crippen molar-refractivity contribution < 1.29 is 13.7 Å². The van der Waals surface area contributed by atoms with Crippen LogP contribution in [0, 0.1) is 11.7 Å². The molecule has 0 N–H and O–H groups in total. The number of amides is 1. The molecule has 5 nitrogen and oxygen atoms in total. The maximum absolute atomic E-state index is 13.4. The van der Waals surface area contributed by atoms with Crippen molar-refractivity contribution in [3.63, 3.8) is 0 Å². The maximum atomic E-state index is 13.4. The van der Waals surface area contributed by atoms with Crippen molar-refractivity contribution in [1.82, 2.24) is 10.1 Å². The minimum Gasteiger partial charge on any atom is -0.340 e. The highest BCUT2D eigenvalue weighted by Crippen LogP contribution is 2.36. The molecule has 1 aliphatic carbocycles. The molecule has 1 amide bonds. The molecule has 0 bridgehead atoms. The molecular weight excluding hydrogens is 393 g/mol. The highest BCUT2D eigenvalue weighted by molar-refractivity contribution is 5.94. The van der Waals surface area contributed by atoms with Crippen LogP contribution in [0.3, 0.4) is 0 Å². The van der Waals surface area contributed by atoms with Crippen LogP contribution in [0.4, 0.5) is 10.3 Å². The number of carbonyl (C=O) groups excluding carboxylic acids is 1. The summed E-state index contributed by atoms with van der Waals surface area (Å²) in [5.74, 6) is 0.871. The van der Waals surface area contributed by atoms with Gasteiger partial charge in [-0.05, 0) is 55.9 Å². The van der Waals surface area contributed by atoms with Crippen molar-refractivity contribution in [1.29, 1.82) is 0 Å². The van der Waals surface area contributed by atoms with Crippen molar-refractivity contribution >= 4 is 11.8 Å². The van der Waals surface area contributed by atoms with Gasteiger partial charge in [-0.15, -0.1) is 0 Å². The van der Waals surface area contributed by atoms with Crippen LogP contribution in [0.1, 0.15) is 41.6 Å². The molecule has 1 saturated heterocycles. The van der Waals surface area contributed by atoms with Gasteiger partial charge in [0.05, 0.1) is 12.1 Å². The topological polar surface area (TPSA) is 49.6 Å². The standard InChI is InChI=1S/C25H26FN3O2/c26-21-12-10-20(11-13-21)24(30)29(16-18-8-9-18)17-22-23(19-6-2-1-3-7-19)27-31-25(22)28-14-4-5-15-28/h1-3,6-7,10-13,18H,4-5,8-9,14-17H2. The third-order valence-electron chi connectivity index (χ3n) is 6.11. The van der Waals surface area contributed by atoms with E-state index in [1.165, 1.54) is 12.1 Å². The lowest BCUT2D eigenvalue weighted by Gasteiger charge is -2.24. The van der Waals surface area contributed by atoms with Gasteiger partial charge in [0.1, 0.15) is 11.5 Å². The van der Waals surface area contributed by atoms with E-state index in [0.717, 1.165) is 61.5 Å². The Morgan fingerprint density at radius 2 is 1.77 bits per heavy atom. The van der Waals surface area contributed by atoms with E-state index < -0.39 is 0 Å². The predicted octanol–water partition coefficient (Wildman–Crippen LogP) is 5.13. The van der Waals surface area contributed by atoms with Gasteiger partial charge >= 0.3 is 0 Å². The molecule has 0 unspecified atom stereocenters. The highest BCUT2D eigenvalue weighted by atomic mass is 19.1. The van der Waals surface area contributed by atoms with Crippen LogP contribution in [-0.4, -0.2) is 35.6 Å². The van der Waals surface area contributed by atoms with E-state index in [4.69, 9.17) is 4.52 Å². The van der Waals surface area contributed by atoms with E-state index in [1.807, 2.05) is 35.2 Å². The summed E-state index contributed by atoms with van der Waals surface area (Å²) in [5, 5.41) is 4.42. The van der Waals surface area contributed by atoms with Crippen molar-refractivity contribution in [2.24, 2.45) is 5.92 Å². The molecule has 2 fully saturated rings. The summed E-state index contributed by atoms with van der Waals surface area (Å²) in [6, 6.07) is 15.8. The lowest BCUT2D eigenvalue weighted by molar-refractivity contribution is 0.0735. The molecule has 1 aromatic heterocycles. The van der Waals surface area contributed by atoms with Crippen LogP contribution >= 0.6 is 0 Å².